The lowest BCUT2D eigenvalue weighted by Gasteiger charge is -2.27. The van der Waals surface area contributed by atoms with Crippen LogP contribution in [0.4, 0.5) is 0 Å². The number of fused-ring (bicyclic) bond motifs is 1. The molecule has 0 radical (unpaired) electrons. The van der Waals surface area contributed by atoms with Crippen molar-refractivity contribution in [3.8, 4) is 0 Å². The minimum Gasteiger partial charge on any atom is -0.378 e. The third-order valence-electron chi connectivity index (χ3n) is 5.15. The summed E-state index contributed by atoms with van der Waals surface area (Å²) in [7, 11) is 0. The normalized spacial score (nSPS) is 24.0. The molecular formula is C18H22N4O3. The summed E-state index contributed by atoms with van der Waals surface area (Å²) < 4.78 is 7.05. The predicted octanol–water partition coefficient (Wildman–Crippen LogP) is 0.596. The summed E-state index contributed by atoms with van der Waals surface area (Å²) in [5.41, 5.74) is 1.03. The number of ether oxygens (including phenoxy) is 1. The van der Waals surface area contributed by atoms with Crippen LogP contribution in [0.5, 0.6) is 0 Å². The highest BCUT2D eigenvalue weighted by molar-refractivity contribution is 5.94. The SMILES string of the molecule is Cc1cccc2ncc(C(=O)N[C@@H]3COC[C@H]3N3CCCC3)c(=O)n12. The van der Waals surface area contributed by atoms with Crippen LogP contribution in [0.15, 0.2) is 29.2 Å². The van der Waals surface area contributed by atoms with Crippen LogP contribution in [0.2, 0.25) is 0 Å². The monoisotopic (exact) mass is 342 g/mol. The van der Waals surface area contributed by atoms with Crippen LogP contribution >= 0.6 is 0 Å². The maximum Gasteiger partial charge on any atom is 0.270 e. The Morgan fingerprint density at radius 3 is 2.88 bits per heavy atom. The average molecular weight is 342 g/mol. The number of aromatic nitrogens is 2. The molecule has 132 valence electrons. The Kier molecular flexibility index (Phi) is 4.27. The lowest BCUT2D eigenvalue weighted by molar-refractivity contribution is 0.0914. The van der Waals surface area contributed by atoms with Gasteiger partial charge in [-0.05, 0) is 45.0 Å². The predicted molar refractivity (Wildman–Crippen MR) is 92.9 cm³/mol. The number of aryl methyl sites for hydroxylation is 1. The van der Waals surface area contributed by atoms with E-state index in [0.29, 0.717) is 18.9 Å². The zero-order valence-corrected chi connectivity index (χ0v) is 14.3. The van der Waals surface area contributed by atoms with E-state index in [1.54, 1.807) is 6.07 Å². The topological polar surface area (TPSA) is 75.9 Å². The Balaban J connectivity index is 1.59. The Labute approximate surface area is 145 Å². The smallest absolute Gasteiger partial charge is 0.270 e. The van der Waals surface area contributed by atoms with Crippen LogP contribution in [0.1, 0.15) is 28.9 Å². The molecule has 4 heterocycles. The van der Waals surface area contributed by atoms with Crippen molar-refractivity contribution >= 4 is 11.6 Å². The number of nitrogens with one attached hydrogen (secondary N) is 1. The number of carbonyl (C=O) groups is 1. The van der Waals surface area contributed by atoms with Gasteiger partial charge in [-0.25, -0.2) is 4.98 Å². The van der Waals surface area contributed by atoms with Gasteiger partial charge in [0.25, 0.3) is 11.5 Å². The summed E-state index contributed by atoms with van der Waals surface area (Å²) in [6.45, 7) is 5.01. The van der Waals surface area contributed by atoms with Gasteiger partial charge >= 0.3 is 0 Å². The highest BCUT2D eigenvalue weighted by atomic mass is 16.5. The van der Waals surface area contributed by atoms with Crippen LogP contribution in [0.25, 0.3) is 5.65 Å². The van der Waals surface area contributed by atoms with E-state index in [2.05, 4.69) is 15.2 Å². The number of rotatable bonds is 3. The van der Waals surface area contributed by atoms with Crippen molar-refractivity contribution in [1.82, 2.24) is 19.6 Å². The van der Waals surface area contributed by atoms with E-state index in [0.717, 1.165) is 18.8 Å². The molecule has 0 unspecified atom stereocenters. The first-order chi connectivity index (χ1) is 12.1. The maximum atomic E-state index is 12.7. The van der Waals surface area contributed by atoms with Crippen LogP contribution < -0.4 is 10.9 Å². The maximum absolute atomic E-state index is 12.7. The Morgan fingerprint density at radius 1 is 1.28 bits per heavy atom. The average Bonchev–Trinajstić information content (AvgIpc) is 3.26. The number of hydrogen-bond donors (Lipinski definition) is 1. The van der Waals surface area contributed by atoms with Crippen LogP contribution in [0, 0.1) is 6.92 Å². The number of amides is 1. The first-order valence-corrected chi connectivity index (χ1v) is 8.75. The molecule has 1 N–H and O–H groups in total. The Hall–Kier alpha value is -2.25. The van der Waals surface area contributed by atoms with E-state index in [1.165, 1.54) is 23.4 Å². The number of pyridine rings is 1. The van der Waals surface area contributed by atoms with Crippen molar-refractivity contribution in [2.24, 2.45) is 0 Å². The van der Waals surface area contributed by atoms with Crippen LogP contribution in [-0.2, 0) is 4.74 Å². The first kappa shape index (κ1) is 16.2. The van der Waals surface area contributed by atoms with E-state index < -0.39 is 0 Å². The van der Waals surface area contributed by atoms with E-state index in [9.17, 15) is 9.59 Å². The molecule has 7 heteroatoms. The van der Waals surface area contributed by atoms with Gasteiger partial charge in [-0.3, -0.25) is 18.9 Å². The van der Waals surface area contributed by atoms with Gasteiger partial charge in [0, 0.05) is 11.9 Å². The van der Waals surface area contributed by atoms with Crippen molar-refractivity contribution < 1.29 is 9.53 Å². The summed E-state index contributed by atoms with van der Waals surface area (Å²) >= 11 is 0. The molecule has 2 fully saturated rings. The molecule has 2 atom stereocenters. The largest absolute Gasteiger partial charge is 0.378 e. The van der Waals surface area contributed by atoms with Crippen molar-refractivity contribution in [2.45, 2.75) is 31.8 Å². The van der Waals surface area contributed by atoms with Crippen LogP contribution in [-0.4, -0.2) is 58.6 Å². The highest BCUT2D eigenvalue weighted by Gasteiger charge is 2.35. The van der Waals surface area contributed by atoms with Gasteiger partial charge in [0.2, 0.25) is 0 Å². The van der Waals surface area contributed by atoms with Gasteiger partial charge < -0.3 is 10.1 Å². The first-order valence-electron chi connectivity index (χ1n) is 8.75. The quantitative estimate of drug-likeness (QED) is 0.884. The van der Waals surface area contributed by atoms with Gasteiger partial charge in [-0.15, -0.1) is 0 Å². The molecule has 2 aliphatic rings. The van der Waals surface area contributed by atoms with Crippen molar-refractivity contribution in [1.29, 1.82) is 0 Å². The second-order valence-corrected chi connectivity index (χ2v) is 6.77. The van der Waals surface area contributed by atoms with Gasteiger partial charge in [-0.2, -0.15) is 0 Å². The molecule has 4 rings (SSSR count). The van der Waals surface area contributed by atoms with E-state index in [-0.39, 0.29) is 29.1 Å². The van der Waals surface area contributed by atoms with Crippen molar-refractivity contribution in [2.75, 3.05) is 26.3 Å². The molecule has 2 aliphatic heterocycles. The number of likely N-dealkylation sites (tertiary alicyclic amines) is 1. The molecule has 2 aromatic rings. The van der Waals surface area contributed by atoms with E-state index in [1.807, 2.05) is 19.1 Å². The molecule has 7 nitrogen and oxygen atoms in total. The fourth-order valence-electron chi connectivity index (χ4n) is 3.79. The highest BCUT2D eigenvalue weighted by Crippen LogP contribution is 2.19. The Bertz CT molecular complexity index is 857. The molecule has 0 saturated carbocycles. The van der Waals surface area contributed by atoms with Gasteiger partial charge in [0.05, 0.1) is 25.3 Å². The second-order valence-electron chi connectivity index (χ2n) is 6.77. The summed E-state index contributed by atoms with van der Waals surface area (Å²) in [5.74, 6) is -0.380. The molecule has 25 heavy (non-hydrogen) atoms. The van der Waals surface area contributed by atoms with E-state index in [4.69, 9.17) is 4.74 Å². The summed E-state index contributed by atoms with van der Waals surface area (Å²) in [6.07, 6.45) is 3.74. The summed E-state index contributed by atoms with van der Waals surface area (Å²) in [5, 5.41) is 2.99. The minimum atomic E-state index is -0.380. The summed E-state index contributed by atoms with van der Waals surface area (Å²) in [6, 6.07) is 5.51. The molecule has 2 aromatic heterocycles. The molecule has 2 saturated heterocycles. The molecule has 1 amide bonds. The lowest BCUT2D eigenvalue weighted by Crippen LogP contribution is -2.51. The number of carbonyl (C=O) groups excluding carboxylic acids is 1. The zero-order valence-electron chi connectivity index (χ0n) is 14.3. The molecular weight excluding hydrogens is 320 g/mol. The minimum absolute atomic E-state index is 0.0684. The standard InChI is InChI=1S/C18H22N4O3/c1-12-5-4-6-16-19-9-13(18(24)22(12)16)17(23)20-14-10-25-11-15(14)21-7-2-3-8-21/h4-6,9,14-15H,2-3,7-8,10-11H2,1H3,(H,20,23)/t14-,15-/m1/s1. The molecule has 0 aliphatic carbocycles. The van der Waals surface area contributed by atoms with Gasteiger partial charge in [0.15, 0.2) is 0 Å². The number of nitrogens with zero attached hydrogens (tertiary/aromatic N) is 3. The summed E-state index contributed by atoms with van der Waals surface area (Å²) in [4.78, 5) is 32.0. The molecule has 0 aromatic carbocycles. The van der Waals surface area contributed by atoms with Crippen molar-refractivity contribution in [3.05, 3.63) is 46.0 Å². The van der Waals surface area contributed by atoms with Gasteiger partial charge in [0.1, 0.15) is 11.2 Å². The van der Waals surface area contributed by atoms with Crippen molar-refractivity contribution in [3.63, 3.8) is 0 Å². The van der Waals surface area contributed by atoms with Gasteiger partial charge in [-0.1, -0.05) is 6.07 Å². The fourth-order valence-corrected chi connectivity index (χ4v) is 3.79. The zero-order chi connectivity index (χ0) is 17.4. The third-order valence-corrected chi connectivity index (χ3v) is 5.15. The van der Waals surface area contributed by atoms with Crippen LogP contribution in [0.3, 0.4) is 0 Å². The third kappa shape index (κ3) is 2.94. The van der Waals surface area contributed by atoms with E-state index >= 15 is 0 Å². The Morgan fingerprint density at radius 2 is 2.08 bits per heavy atom. The molecule has 0 spiro atoms. The fraction of sp³-hybridized carbons (Fsp3) is 0.500. The lowest BCUT2D eigenvalue weighted by atomic mass is 10.1. The molecule has 0 bridgehead atoms. The second kappa shape index (κ2) is 6.57. The number of hydrogen-bond acceptors (Lipinski definition) is 5.